The number of hydrogen-bond acceptors (Lipinski definition) is 3. The van der Waals surface area contributed by atoms with E-state index in [1.54, 1.807) is 7.11 Å². The fraction of sp³-hybridized carbons (Fsp3) is 0.316. The average Bonchev–Trinajstić information content (AvgIpc) is 2.61. The van der Waals surface area contributed by atoms with Crippen LogP contribution in [0.5, 0.6) is 11.5 Å². The van der Waals surface area contributed by atoms with E-state index >= 15 is 0 Å². The monoisotopic (exact) mass is 311 g/mol. The largest absolute Gasteiger partial charge is 0.496 e. The molecule has 0 saturated heterocycles. The van der Waals surface area contributed by atoms with Crippen molar-refractivity contribution in [3.63, 3.8) is 0 Å². The van der Waals surface area contributed by atoms with E-state index in [9.17, 15) is 4.79 Å². The van der Waals surface area contributed by atoms with E-state index in [4.69, 9.17) is 9.47 Å². The first-order valence-corrected chi connectivity index (χ1v) is 7.80. The van der Waals surface area contributed by atoms with Crippen LogP contribution in [0.2, 0.25) is 0 Å². The lowest BCUT2D eigenvalue weighted by molar-refractivity contribution is -0.131. The molecule has 1 amide bonds. The molecule has 0 radical (unpaired) electrons. The number of hydrogen-bond donors (Lipinski definition) is 0. The summed E-state index contributed by atoms with van der Waals surface area (Å²) in [5.74, 6) is 1.71. The Bertz CT molecular complexity index is 699. The molecule has 120 valence electrons. The van der Waals surface area contributed by atoms with Crippen LogP contribution in [0.3, 0.4) is 0 Å². The van der Waals surface area contributed by atoms with Gasteiger partial charge in [-0.1, -0.05) is 36.4 Å². The lowest BCUT2D eigenvalue weighted by Gasteiger charge is -2.33. The first kappa shape index (κ1) is 15.4. The number of benzene rings is 2. The Morgan fingerprint density at radius 2 is 1.96 bits per heavy atom. The van der Waals surface area contributed by atoms with Gasteiger partial charge >= 0.3 is 0 Å². The third kappa shape index (κ3) is 3.16. The molecule has 1 atom stereocenters. The lowest BCUT2D eigenvalue weighted by Crippen LogP contribution is -2.35. The minimum absolute atomic E-state index is 0.0576. The molecule has 0 aliphatic carbocycles. The number of amides is 1. The first-order valence-electron chi connectivity index (χ1n) is 7.80. The fourth-order valence-corrected chi connectivity index (χ4v) is 3.04. The molecule has 1 unspecified atom stereocenters. The summed E-state index contributed by atoms with van der Waals surface area (Å²) in [6.07, 6.45) is 1.14. The first-order chi connectivity index (χ1) is 11.2. The summed E-state index contributed by atoms with van der Waals surface area (Å²) in [7, 11) is 3.49. The van der Waals surface area contributed by atoms with Crippen LogP contribution in [-0.2, 0) is 11.2 Å². The van der Waals surface area contributed by atoms with Crippen molar-refractivity contribution in [1.82, 2.24) is 4.90 Å². The highest BCUT2D eigenvalue weighted by molar-refractivity contribution is 5.80. The zero-order valence-corrected chi connectivity index (χ0v) is 13.5. The Hall–Kier alpha value is -2.49. The molecule has 4 heteroatoms. The maximum absolute atomic E-state index is 12.7. The number of likely N-dealkylation sites (N-methyl/N-ethyl adjacent to an activating group) is 1. The number of ether oxygens (including phenoxy) is 2. The molecule has 1 aliphatic heterocycles. The molecule has 0 fully saturated rings. The van der Waals surface area contributed by atoms with Crippen LogP contribution in [-0.4, -0.2) is 31.6 Å². The van der Waals surface area contributed by atoms with Crippen molar-refractivity contribution < 1.29 is 14.3 Å². The highest BCUT2D eigenvalue weighted by atomic mass is 16.5. The van der Waals surface area contributed by atoms with Gasteiger partial charge in [0.25, 0.3) is 0 Å². The van der Waals surface area contributed by atoms with Crippen LogP contribution in [0.25, 0.3) is 0 Å². The summed E-state index contributed by atoms with van der Waals surface area (Å²) >= 11 is 0. The van der Waals surface area contributed by atoms with Crippen LogP contribution in [0.15, 0.2) is 48.5 Å². The highest BCUT2D eigenvalue weighted by Crippen LogP contribution is 2.35. The zero-order valence-electron chi connectivity index (χ0n) is 13.5. The Labute approximate surface area is 136 Å². The van der Waals surface area contributed by atoms with Gasteiger partial charge in [0.15, 0.2) is 0 Å². The van der Waals surface area contributed by atoms with Gasteiger partial charge < -0.3 is 14.4 Å². The number of methoxy groups -OCH3 is 1. The van der Waals surface area contributed by atoms with Crippen LogP contribution in [0, 0.1) is 0 Å². The topological polar surface area (TPSA) is 38.8 Å². The Kier molecular flexibility index (Phi) is 4.51. The third-order valence-electron chi connectivity index (χ3n) is 4.32. The summed E-state index contributed by atoms with van der Waals surface area (Å²) in [5, 5.41) is 0. The molecule has 0 N–H and O–H groups in total. The summed E-state index contributed by atoms with van der Waals surface area (Å²) in [6, 6.07) is 15.6. The SMILES string of the molecule is COc1ccccc1CC(=O)N(C)C1CCOc2ccccc21. The van der Waals surface area contributed by atoms with Crippen LogP contribution < -0.4 is 9.47 Å². The van der Waals surface area contributed by atoms with E-state index in [2.05, 4.69) is 0 Å². The molecule has 1 aliphatic rings. The van der Waals surface area contributed by atoms with Gasteiger partial charge in [0.05, 0.1) is 26.2 Å². The number of carbonyl (C=O) groups is 1. The minimum Gasteiger partial charge on any atom is -0.496 e. The minimum atomic E-state index is 0.0576. The molecule has 3 rings (SSSR count). The van der Waals surface area contributed by atoms with Crippen molar-refractivity contribution in [2.75, 3.05) is 20.8 Å². The zero-order chi connectivity index (χ0) is 16.2. The van der Waals surface area contributed by atoms with Gasteiger partial charge in [-0.15, -0.1) is 0 Å². The normalized spacial score (nSPS) is 16.2. The van der Waals surface area contributed by atoms with Crippen molar-refractivity contribution in [1.29, 1.82) is 0 Å². The van der Waals surface area contributed by atoms with Crippen molar-refractivity contribution in [2.45, 2.75) is 18.9 Å². The molecule has 4 nitrogen and oxygen atoms in total. The van der Waals surface area contributed by atoms with E-state index in [-0.39, 0.29) is 11.9 Å². The molecule has 2 aromatic carbocycles. The van der Waals surface area contributed by atoms with Gasteiger partial charge in [-0.05, 0) is 12.1 Å². The second-order valence-electron chi connectivity index (χ2n) is 5.68. The Morgan fingerprint density at radius 3 is 2.78 bits per heavy atom. The molecule has 1 heterocycles. The summed E-state index contributed by atoms with van der Waals surface area (Å²) < 4.78 is 11.0. The van der Waals surface area contributed by atoms with Gasteiger partial charge in [0, 0.05) is 24.6 Å². The molecular weight excluding hydrogens is 290 g/mol. The van der Waals surface area contributed by atoms with E-state index < -0.39 is 0 Å². The lowest BCUT2D eigenvalue weighted by atomic mass is 9.98. The third-order valence-corrected chi connectivity index (χ3v) is 4.32. The maximum atomic E-state index is 12.7. The summed E-state index contributed by atoms with van der Waals surface area (Å²) in [6.45, 7) is 0.633. The Morgan fingerprint density at radius 1 is 1.22 bits per heavy atom. The molecule has 2 aromatic rings. The summed E-state index contributed by atoms with van der Waals surface area (Å²) in [4.78, 5) is 14.5. The number of fused-ring (bicyclic) bond motifs is 1. The average molecular weight is 311 g/mol. The van der Waals surface area contributed by atoms with Crippen molar-refractivity contribution >= 4 is 5.91 Å². The predicted octanol–water partition coefficient (Wildman–Crippen LogP) is 3.22. The quantitative estimate of drug-likeness (QED) is 0.870. The highest BCUT2D eigenvalue weighted by Gasteiger charge is 2.27. The summed E-state index contributed by atoms with van der Waals surface area (Å²) in [5.41, 5.74) is 1.99. The fourth-order valence-electron chi connectivity index (χ4n) is 3.04. The molecular formula is C19H21NO3. The van der Waals surface area contributed by atoms with Gasteiger partial charge in [-0.25, -0.2) is 0 Å². The molecule has 23 heavy (non-hydrogen) atoms. The van der Waals surface area contributed by atoms with Crippen LogP contribution >= 0.6 is 0 Å². The van der Waals surface area contributed by atoms with Crippen molar-refractivity contribution in [2.24, 2.45) is 0 Å². The van der Waals surface area contributed by atoms with E-state index in [0.717, 1.165) is 29.0 Å². The van der Waals surface area contributed by atoms with Crippen molar-refractivity contribution in [3.05, 3.63) is 59.7 Å². The second kappa shape index (κ2) is 6.73. The number of rotatable bonds is 4. The molecule has 0 aromatic heterocycles. The van der Waals surface area contributed by atoms with Gasteiger partial charge in [0.2, 0.25) is 5.91 Å². The Balaban J connectivity index is 1.78. The van der Waals surface area contributed by atoms with Gasteiger partial charge in [0.1, 0.15) is 11.5 Å². The van der Waals surface area contributed by atoms with E-state index in [1.165, 1.54) is 0 Å². The predicted molar refractivity (Wildman–Crippen MR) is 88.8 cm³/mol. The standard InChI is InChI=1S/C19H21NO3/c1-20(16-11-12-23-18-10-6-4-8-15(16)18)19(21)13-14-7-3-5-9-17(14)22-2/h3-10,16H,11-13H2,1-2H3. The van der Waals surface area contributed by atoms with E-state index in [0.29, 0.717) is 13.0 Å². The van der Waals surface area contributed by atoms with Crippen LogP contribution in [0.4, 0.5) is 0 Å². The smallest absolute Gasteiger partial charge is 0.227 e. The van der Waals surface area contributed by atoms with Gasteiger partial charge in [-0.3, -0.25) is 4.79 Å². The van der Waals surface area contributed by atoms with Crippen LogP contribution in [0.1, 0.15) is 23.6 Å². The van der Waals surface area contributed by atoms with Crippen molar-refractivity contribution in [3.8, 4) is 11.5 Å². The van der Waals surface area contributed by atoms with E-state index in [1.807, 2.05) is 60.5 Å². The molecule has 0 spiro atoms. The number of nitrogens with zero attached hydrogens (tertiary/aromatic N) is 1. The maximum Gasteiger partial charge on any atom is 0.227 e. The number of carbonyl (C=O) groups excluding carboxylic acids is 1. The number of para-hydroxylation sites is 2. The molecule has 0 saturated carbocycles. The second-order valence-corrected chi connectivity index (χ2v) is 5.68. The molecule has 0 bridgehead atoms. The van der Waals surface area contributed by atoms with Gasteiger partial charge in [-0.2, -0.15) is 0 Å².